The molecule has 0 atom stereocenters. The van der Waals surface area contributed by atoms with Crippen LogP contribution in [0.4, 0.5) is 11.4 Å². The van der Waals surface area contributed by atoms with Crippen LogP contribution in [-0.2, 0) is 0 Å². The molecule has 7 nitrogen and oxygen atoms in total. The van der Waals surface area contributed by atoms with E-state index in [9.17, 15) is 4.79 Å². The molecule has 2 aromatic heterocycles. The minimum atomic E-state index is -0.211. The highest BCUT2D eigenvalue weighted by Gasteiger charge is 2.20. The van der Waals surface area contributed by atoms with Crippen LogP contribution in [0.15, 0.2) is 59.2 Å². The van der Waals surface area contributed by atoms with E-state index in [1.54, 1.807) is 25.5 Å². The molecule has 2 N–H and O–H groups in total. The summed E-state index contributed by atoms with van der Waals surface area (Å²) in [7, 11) is 1.57. The predicted molar refractivity (Wildman–Crippen MR) is 121 cm³/mol. The van der Waals surface area contributed by atoms with Crippen molar-refractivity contribution < 1.29 is 13.9 Å². The Hall–Kier alpha value is -3.74. The quantitative estimate of drug-likeness (QED) is 0.474. The number of nitrogens with one attached hydrogen (secondary N) is 2. The Labute approximate surface area is 180 Å². The lowest BCUT2D eigenvalue weighted by Crippen LogP contribution is -2.30. The number of rotatable bonds is 5. The lowest BCUT2D eigenvalue weighted by Gasteiger charge is -2.30. The third-order valence-electron chi connectivity index (χ3n) is 5.65. The van der Waals surface area contributed by atoms with Crippen molar-refractivity contribution in [1.29, 1.82) is 0 Å². The Kier molecular flexibility index (Phi) is 5.08. The summed E-state index contributed by atoms with van der Waals surface area (Å²) in [6, 6.07) is 14.9. The Morgan fingerprint density at radius 1 is 1.13 bits per heavy atom. The van der Waals surface area contributed by atoms with Crippen LogP contribution < -0.4 is 15.0 Å². The zero-order valence-corrected chi connectivity index (χ0v) is 17.4. The number of fused-ring (bicyclic) bond motifs is 1. The van der Waals surface area contributed by atoms with E-state index in [0.717, 1.165) is 48.3 Å². The van der Waals surface area contributed by atoms with Crippen molar-refractivity contribution in [2.45, 2.75) is 19.3 Å². The average Bonchev–Trinajstić information content (AvgIpc) is 3.48. The number of imidazole rings is 1. The highest BCUT2D eigenvalue weighted by molar-refractivity contribution is 6.09. The van der Waals surface area contributed by atoms with Gasteiger partial charge >= 0.3 is 0 Å². The number of aromatic nitrogens is 2. The number of hydrogen-bond donors (Lipinski definition) is 2. The molecule has 31 heavy (non-hydrogen) atoms. The van der Waals surface area contributed by atoms with Crippen molar-refractivity contribution in [3.05, 3.63) is 60.4 Å². The van der Waals surface area contributed by atoms with Crippen LogP contribution in [0.3, 0.4) is 0 Å². The topological polar surface area (TPSA) is 83.4 Å². The minimum absolute atomic E-state index is 0.211. The zero-order chi connectivity index (χ0) is 21.2. The van der Waals surface area contributed by atoms with Crippen molar-refractivity contribution in [2.24, 2.45) is 0 Å². The van der Waals surface area contributed by atoms with Crippen LogP contribution in [0.1, 0.15) is 29.6 Å². The number of piperidine rings is 1. The van der Waals surface area contributed by atoms with Gasteiger partial charge in [-0.05, 0) is 55.7 Å². The molecule has 1 amide bonds. The molecule has 3 heterocycles. The molecular formula is C24H24N4O3. The Balaban J connectivity index is 1.56. The molecule has 5 rings (SSSR count). The number of H-pyrrole nitrogens is 1. The molecule has 1 aliphatic heterocycles. The van der Waals surface area contributed by atoms with Gasteiger partial charge in [0.25, 0.3) is 5.91 Å². The van der Waals surface area contributed by atoms with Crippen molar-refractivity contribution >= 4 is 28.3 Å². The maximum Gasteiger partial charge on any atom is 0.259 e. The van der Waals surface area contributed by atoms with Gasteiger partial charge < -0.3 is 24.4 Å². The standard InChI is InChI=1S/C24H24N4O3/c1-30-21-9-4-3-8-16(21)24(29)27-19-14-17-18(15-20(19)28-11-5-2-6-12-28)26-23(25-17)22-10-7-13-31-22/h3-4,7-10,13-15H,2,5-6,11-12H2,1H3,(H,25,26)(H,27,29). The van der Waals surface area contributed by atoms with Gasteiger partial charge in [0, 0.05) is 13.1 Å². The van der Waals surface area contributed by atoms with Gasteiger partial charge in [0.15, 0.2) is 11.6 Å². The van der Waals surface area contributed by atoms with Crippen molar-refractivity contribution in [3.63, 3.8) is 0 Å². The van der Waals surface area contributed by atoms with Crippen LogP contribution in [0.2, 0.25) is 0 Å². The summed E-state index contributed by atoms with van der Waals surface area (Å²) >= 11 is 0. The van der Waals surface area contributed by atoms with E-state index >= 15 is 0 Å². The molecule has 0 spiro atoms. The van der Waals surface area contributed by atoms with E-state index in [-0.39, 0.29) is 5.91 Å². The number of carbonyl (C=O) groups is 1. The number of carbonyl (C=O) groups excluding carboxylic acids is 1. The monoisotopic (exact) mass is 416 g/mol. The number of benzene rings is 2. The average molecular weight is 416 g/mol. The number of anilines is 2. The van der Waals surface area contributed by atoms with Gasteiger partial charge in [-0.1, -0.05) is 12.1 Å². The first kappa shape index (κ1) is 19.2. The fourth-order valence-corrected chi connectivity index (χ4v) is 4.09. The Morgan fingerprint density at radius 3 is 2.74 bits per heavy atom. The largest absolute Gasteiger partial charge is 0.496 e. The van der Waals surface area contributed by atoms with E-state index in [2.05, 4.69) is 26.3 Å². The smallest absolute Gasteiger partial charge is 0.259 e. The molecule has 0 radical (unpaired) electrons. The SMILES string of the molecule is COc1ccccc1C(=O)Nc1cc2nc(-c3ccco3)[nH]c2cc1N1CCCCC1. The van der Waals surface area contributed by atoms with E-state index in [4.69, 9.17) is 9.15 Å². The highest BCUT2D eigenvalue weighted by atomic mass is 16.5. The van der Waals surface area contributed by atoms with E-state index < -0.39 is 0 Å². The molecule has 1 fully saturated rings. The number of hydrogen-bond acceptors (Lipinski definition) is 5. The summed E-state index contributed by atoms with van der Waals surface area (Å²) < 4.78 is 10.9. The van der Waals surface area contributed by atoms with Crippen molar-refractivity contribution in [2.75, 3.05) is 30.4 Å². The Bertz CT molecular complexity index is 1210. The summed E-state index contributed by atoms with van der Waals surface area (Å²) in [6.45, 7) is 1.92. The third kappa shape index (κ3) is 3.74. The van der Waals surface area contributed by atoms with Gasteiger partial charge in [0.2, 0.25) is 0 Å². The molecule has 0 saturated carbocycles. The number of nitrogens with zero attached hydrogens (tertiary/aromatic N) is 2. The fraction of sp³-hybridized carbons (Fsp3) is 0.250. The Morgan fingerprint density at radius 2 is 1.97 bits per heavy atom. The number of furan rings is 1. The maximum atomic E-state index is 13.1. The van der Waals surface area contributed by atoms with Gasteiger partial charge in [0.1, 0.15) is 5.75 Å². The molecule has 0 bridgehead atoms. The van der Waals surface area contributed by atoms with Crippen LogP contribution in [0.5, 0.6) is 5.75 Å². The minimum Gasteiger partial charge on any atom is -0.496 e. The molecule has 1 aliphatic rings. The summed E-state index contributed by atoms with van der Waals surface area (Å²) in [4.78, 5) is 23.4. The normalized spacial score (nSPS) is 14.0. The predicted octanol–water partition coefficient (Wildman–Crippen LogP) is 5.07. The van der Waals surface area contributed by atoms with Gasteiger partial charge in [-0.3, -0.25) is 4.79 Å². The third-order valence-corrected chi connectivity index (χ3v) is 5.65. The van der Waals surface area contributed by atoms with E-state index in [0.29, 0.717) is 22.9 Å². The number of ether oxygens (including phenoxy) is 1. The van der Waals surface area contributed by atoms with E-state index in [1.165, 1.54) is 6.42 Å². The van der Waals surface area contributed by atoms with Crippen molar-refractivity contribution in [3.8, 4) is 17.3 Å². The lowest BCUT2D eigenvalue weighted by molar-refractivity contribution is 0.102. The van der Waals surface area contributed by atoms with Gasteiger partial charge in [-0.2, -0.15) is 0 Å². The number of methoxy groups -OCH3 is 1. The van der Waals surface area contributed by atoms with Crippen LogP contribution in [0.25, 0.3) is 22.6 Å². The highest BCUT2D eigenvalue weighted by Crippen LogP contribution is 2.34. The zero-order valence-electron chi connectivity index (χ0n) is 17.4. The number of para-hydroxylation sites is 1. The second-order valence-electron chi connectivity index (χ2n) is 7.65. The van der Waals surface area contributed by atoms with E-state index in [1.807, 2.05) is 30.3 Å². The van der Waals surface area contributed by atoms with Crippen LogP contribution in [-0.4, -0.2) is 36.1 Å². The second-order valence-corrected chi connectivity index (χ2v) is 7.65. The molecule has 0 aliphatic carbocycles. The molecule has 7 heteroatoms. The van der Waals surface area contributed by atoms with Crippen molar-refractivity contribution in [1.82, 2.24) is 9.97 Å². The number of aromatic amines is 1. The first-order chi connectivity index (χ1) is 15.2. The van der Waals surface area contributed by atoms with Crippen LogP contribution in [0, 0.1) is 0 Å². The molecule has 158 valence electrons. The van der Waals surface area contributed by atoms with Gasteiger partial charge in [-0.25, -0.2) is 4.98 Å². The summed E-state index contributed by atoms with van der Waals surface area (Å²) in [5.41, 5.74) is 3.89. The molecule has 1 saturated heterocycles. The summed E-state index contributed by atoms with van der Waals surface area (Å²) in [5.74, 6) is 1.67. The van der Waals surface area contributed by atoms with Gasteiger partial charge in [0.05, 0.1) is 41.3 Å². The summed E-state index contributed by atoms with van der Waals surface area (Å²) in [5, 5.41) is 3.10. The summed E-state index contributed by atoms with van der Waals surface area (Å²) in [6.07, 6.45) is 5.13. The van der Waals surface area contributed by atoms with Gasteiger partial charge in [-0.15, -0.1) is 0 Å². The molecular weight excluding hydrogens is 392 g/mol. The first-order valence-electron chi connectivity index (χ1n) is 10.5. The second kappa shape index (κ2) is 8.18. The molecule has 0 unspecified atom stereocenters. The first-order valence-corrected chi connectivity index (χ1v) is 10.5. The lowest BCUT2D eigenvalue weighted by atomic mass is 10.1. The fourth-order valence-electron chi connectivity index (χ4n) is 4.09. The molecule has 4 aromatic rings. The number of amides is 1. The molecule has 2 aromatic carbocycles. The maximum absolute atomic E-state index is 13.1. The van der Waals surface area contributed by atoms with Crippen LogP contribution >= 0.6 is 0 Å².